The molecule has 0 radical (unpaired) electrons. The van der Waals surface area contributed by atoms with E-state index in [9.17, 15) is 5.11 Å². The third-order valence-corrected chi connectivity index (χ3v) is 3.61. The molecule has 0 unspecified atom stereocenters. The van der Waals surface area contributed by atoms with Gasteiger partial charge in [-0.25, -0.2) is 4.98 Å². The zero-order chi connectivity index (χ0) is 14.3. The number of nitrogens with one attached hydrogen (secondary N) is 1. The minimum Gasteiger partial charge on any atom is -0.504 e. The number of hydrogen-bond acceptors (Lipinski definition) is 3. The maximum Gasteiger partial charge on any atom is 0.169 e. The lowest BCUT2D eigenvalue weighted by molar-refractivity contribution is 0.371. The molecule has 1 aromatic heterocycles. The first-order valence-electron chi connectivity index (χ1n) is 6.44. The molecule has 0 amide bonds. The van der Waals surface area contributed by atoms with Crippen molar-refractivity contribution < 1.29 is 9.84 Å². The number of para-hydroxylation sites is 2. The molecular weight excluding hydrogens is 252 g/mol. The summed E-state index contributed by atoms with van der Waals surface area (Å²) in [6.45, 7) is 3.92. The minimum absolute atomic E-state index is 0.120. The number of fused-ring (bicyclic) bond motifs is 1. The van der Waals surface area contributed by atoms with Crippen molar-refractivity contribution >= 4 is 11.0 Å². The molecule has 0 atom stereocenters. The second-order valence-electron chi connectivity index (χ2n) is 4.85. The summed E-state index contributed by atoms with van der Waals surface area (Å²) in [5.74, 6) is 1.26. The van der Waals surface area contributed by atoms with Gasteiger partial charge in [-0.05, 0) is 43.2 Å². The molecule has 0 aliphatic rings. The van der Waals surface area contributed by atoms with Gasteiger partial charge >= 0.3 is 0 Å². The second kappa shape index (κ2) is 4.56. The van der Waals surface area contributed by atoms with Gasteiger partial charge in [0, 0.05) is 0 Å². The van der Waals surface area contributed by atoms with Gasteiger partial charge in [0.25, 0.3) is 0 Å². The van der Waals surface area contributed by atoms with E-state index in [-0.39, 0.29) is 5.75 Å². The molecule has 0 fully saturated rings. The number of aromatic amines is 1. The smallest absolute Gasteiger partial charge is 0.169 e. The van der Waals surface area contributed by atoms with Crippen molar-refractivity contribution in [3.8, 4) is 22.9 Å². The van der Waals surface area contributed by atoms with Crippen molar-refractivity contribution in [2.24, 2.45) is 0 Å². The summed E-state index contributed by atoms with van der Waals surface area (Å²) >= 11 is 0. The lowest BCUT2D eigenvalue weighted by atomic mass is 10.0. The molecule has 0 saturated heterocycles. The summed E-state index contributed by atoms with van der Waals surface area (Å²) in [6, 6.07) is 9.70. The van der Waals surface area contributed by atoms with E-state index < -0.39 is 0 Å². The van der Waals surface area contributed by atoms with Gasteiger partial charge in [0.2, 0.25) is 0 Å². The Morgan fingerprint density at radius 1 is 1.20 bits per heavy atom. The van der Waals surface area contributed by atoms with E-state index >= 15 is 0 Å². The number of methoxy groups -OCH3 is 1. The SMILES string of the molecule is COc1c(C)c(C)cc(-c2nc3ccccc3[nH]2)c1O. The summed E-state index contributed by atoms with van der Waals surface area (Å²) in [7, 11) is 1.56. The fourth-order valence-corrected chi connectivity index (χ4v) is 2.38. The predicted octanol–water partition coefficient (Wildman–Crippen LogP) is 3.56. The topological polar surface area (TPSA) is 58.1 Å². The molecule has 0 spiro atoms. The number of hydrogen-bond donors (Lipinski definition) is 2. The lowest BCUT2D eigenvalue weighted by Gasteiger charge is -2.12. The molecule has 0 aliphatic heterocycles. The van der Waals surface area contributed by atoms with Crippen LogP contribution in [0.3, 0.4) is 0 Å². The molecule has 2 N–H and O–H groups in total. The molecule has 4 nitrogen and oxygen atoms in total. The van der Waals surface area contributed by atoms with Crippen LogP contribution in [0.15, 0.2) is 30.3 Å². The number of aromatic hydroxyl groups is 1. The monoisotopic (exact) mass is 268 g/mol. The number of aryl methyl sites for hydroxylation is 1. The molecule has 4 heteroatoms. The summed E-state index contributed by atoms with van der Waals surface area (Å²) in [4.78, 5) is 7.74. The normalized spacial score (nSPS) is 10.9. The van der Waals surface area contributed by atoms with Crippen LogP contribution in [-0.4, -0.2) is 22.2 Å². The minimum atomic E-state index is 0.120. The number of phenols is 1. The van der Waals surface area contributed by atoms with Crippen LogP contribution in [0.2, 0.25) is 0 Å². The number of H-pyrrole nitrogens is 1. The number of aromatic nitrogens is 2. The number of benzene rings is 2. The quantitative estimate of drug-likeness (QED) is 0.747. The van der Waals surface area contributed by atoms with Crippen LogP contribution in [0, 0.1) is 13.8 Å². The van der Waals surface area contributed by atoms with Crippen LogP contribution in [0.25, 0.3) is 22.4 Å². The van der Waals surface area contributed by atoms with E-state index in [1.807, 2.05) is 44.2 Å². The zero-order valence-corrected chi connectivity index (χ0v) is 11.7. The van der Waals surface area contributed by atoms with Crippen molar-refractivity contribution in [2.75, 3.05) is 7.11 Å². The number of rotatable bonds is 2. The summed E-state index contributed by atoms with van der Waals surface area (Å²) < 4.78 is 5.30. The molecule has 3 rings (SSSR count). The molecule has 2 aromatic carbocycles. The number of phenolic OH excluding ortho intramolecular Hbond substituents is 1. The Morgan fingerprint density at radius 2 is 1.95 bits per heavy atom. The highest BCUT2D eigenvalue weighted by atomic mass is 16.5. The molecule has 102 valence electrons. The van der Waals surface area contributed by atoms with Gasteiger partial charge in [0.05, 0.1) is 23.7 Å². The Kier molecular flexibility index (Phi) is 2.86. The Morgan fingerprint density at radius 3 is 2.65 bits per heavy atom. The number of nitrogens with zero attached hydrogens (tertiary/aromatic N) is 1. The highest BCUT2D eigenvalue weighted by Crippen LogP contribution is 2.40. The van der Waals surface area contributed by atoms with Gasteiger partial charge in [-0.15, -0.1) is 0 Å². The first kappa shape index (κ1) is 12.5. The van der Waals surface area contributed by atoms with E-state index in [1.54, 1.807) is 7.11 Å². The van der Waals surface area contributed by atoms with Crippen LogP contribution in [0.1, 0.15) is 11.1 Å². The fourth-order valence-electron chi connectivity index (χ4n) is 2.38. The van der Waals surface area contributed by atoms with Crippen LogP contribution in [0.5, 0.6) is 11.5 Å². The molecule has 3 aromatic rings. The highest BCUT2D eigenvalue weighted by Gasteiger charge is 2.17. The summed E-state index contributed by atoms with van der Waals surface area (Å²) in [5.41, 5.74) is 4.46. The zero-order valence-electron chi connectivity index (χ0n) is 11.7. The van der Waals surface area contributed by atoms with Crippen LogP contribution < -0.4 is 4.74 Å². The van der Waals surface area contributed by atoms with Gasteiger partial charge in [-0.2, -0.15) is 0 Å². The van der Waals surface area contributed by atoms with E-state index in [0.29, 0.717) is 17.1 Å². The average Bonchev–Trinajstić information content (AvgIpc) is 2.87. The summed E-state index contributed by atoms with van der Waals surface area (Å²) in [5, 5.41) is 10.4. The Balaban J connectivity index is 2.26. The van der Waals surface area contributed by atoms with Crippen molar-refractivity contribution in [1.29, 1.82) is 0 Å². The van der Waals surface area contributed by atoms with E-state index in [1.165, 1.54) is 0 Å². The van der Waals surface area contributed by atoms with Crippen LogP contribution in [-0.2, 0) is 0 Å². The van der Waals surface area contributed by atoms with E-state index in [4.69, 9.17) is 4.74 Å². The largest absolute Gasteiger partial charge is 0.504 e. The molecule has 1 heterocycles. The van der Waals surface area contributed by atoms with Gasteiger partial charge in [0.1, 0.15) is 5.82 Å². The summed E-state index contributed by atoms with van der Waals surface area (Å²) in [6.07, 6.45) is 0. The first-order chi connectivity index (χ1) is 9.61. The molecule has 0 bridgehead atoms. The predicted molar refractivity (Wildman–Crippen MR) is 79.2 cm³/mol. The molecule has 0 saturated carbocycles. The van der Waals surface area contributed by atoms with Crippen molar-refractivity contribution in [1.82, 2.24) is 9.97 Å². The number of ether oxygens (including phenoxy) is 1. The van der Waals surface area contributed by atoms with Crippen molar-refractivity contribution in [3.05, 3.63) is 41.5 Å². The van der Waals surface area contributed by atoms with E-state index in [0.717, 1.165) is 22.2 Å². The standard InChI is InChI=1S/C16H16N2O2/c1-9-8-11(14(19)15(20-3)10(9)2)16-17-12-6-4-5-7-13(12)18-16/h4-8,19H,1-3H3,(H,17,18). The Labute approximate surface area is 117 Å². The third-order valence-electron chi connectivity index (χ3n) is 3.61. The fraction of sp³-hybridized carbons (Fsp3) is 0.188. The Hall–Kier alpha value is -2.49. The van der Waals surface area contributed by atoms with Gasteiger partial charge < -0.3 is 14.8 Å². The van der Waals surface area contributed by atoms with Crippen molar-refractivity contribution in [2.45, 2.75) is 13.8 Å². The lowest BCUT2D eigenvalue weighted by Crippen LogP contribution is -1.94. The van der Waals surface area contributed by atoms with Crippen LogP contribution in [0.4, 0.5) is 0 Å². The Bertz CT molecular complexity index is 758. The van der Waals surface area contributed by atoms with Gasteiger partial charge in [-0.1, -0.05) is 12.1 Å². The first-order valence-corrected chi connectivity index (χ1v) is 6.44. The molecular formula is C16H16N2O2. The van der Waals surface area contributed by atoms with Gasteiger partial charge in [-0.3, -0.25) is 0 Å². The van der Waals surface area contributed by atoms with Crippen LogP contribution >= 0.6 is 0 Å². The molecule has 20 heavy (non-hydrogen) atoms. The van der Waals surface area contributed by atoms with Crippen molar-refractivity contribution in [3.63, 3.8) is 0 Å². The third kappa shape index (κ3) is 1.81. The van der Waals surface area contributed by atoms with E-state index in [2.05, 4.69) is 9.97 Å². The van der Waals surface area contributed by atoms with Gasteiger partial charge in [0.15, 0.2) is 11.5 Å². The maximum atomic E-state index is 10.4. The highest BCUT2D eigenvalue weighted by molar-refractivity contribution is 5.82. The average molecular weight is 268 g/mol. The number of imidazole rings is 1. The maximum absolute atomic E-state index is 10.4. The molecule has 0 aliphatic carbocycles. The second-order valence-corrected chi connectivity index (χ2v) is 4.85.